The van der Waals surface area contributed by atoms with Crippen molar-refractivity contribution in [1.82, 2.24) is 0 Å². The maximum atomic E-state index is 14.0. The van der Waals surface area contributed by atoms with Crippen LogP contribution in [-0.2, 0) is 4.79 Å². The molecule has 1 aliphatic rings. The van der Waals surface area contributed by atoms with Crippen molar-refractivity contribution in [3.8, 4) is 6.07 Å². The average molecular weight is 276 g/mol. The molecule has 1 aromatic carbocycles. The Bertz CT molecular complexity index is 619. The fraction of sp³-hybridized carbons (Fsp3) is 0.467. The fourth-order valence-electron chi connectivity index (χ4n) is 2.72. The molecule has 2 atom stereocenters. The molecule has 0 aromatic heterocycles. The van der Waals surface area contributed by atoms with E-state index in [9.17, 15) is 14.3 Å². The van der Waals surface area contributed by atoms with E-state index in [4.69, 9.17) is 5.26 Å². The third-order valence-electron chi connectivity index (χ3n) is 4.11. The second-order valence-electron chi connectivity index (χ2n) is 5.77. The van der Waals surface area contributed by atoms with Crippen LogP contribution in [-0.4, -0.2) is 23.2 Å². The summed E-state index contributed by atoms with van der Waals surface area (Å²) in [6, 6.07) is 4.24. The van der Waals surface area contributed by atoms with Gasteiger partial charge in [0.2, 0.25) is 5.91 Å². The number of carbonyl (C=O) groups excluding carboxylic acids is 1. The first kappa shape index (κ1) is 14.5. The van der Waals surface area contributed by atoms with Gasteiger partial charge in [-0.1, -0.05) is 0 Å². The van der Waals surface area contributed by atoms with Crippen LogP contribution >= 0.6 is 0 Å². The molecule has 4 nitrogen and oxygen atoms in total. The number of nitrogens with zero attached hydrogens (tertiary/aromatic N) is 2. The monoisotopic (exact) mass is 276 g/mol. The molecule has 0 bridgehead atoms. The van der Waals surface area contributed by atoms with Crippen LogP contribution in [0.1, 0.15) is 31.9 Å². The van der Waals surface area contributed by atoms with Crippen molar-refractivity contribution in [3.05, 3.63) is 29.1 Å². The van der Waals surface area contributed by atoms with Crippen molar-refractivity contribution in [2.24, 2.45) is 5.41 Å². The summed E-state index contributed by atoms with van der Waals surface area (Å²) in [6.45, 7) is 6.60. The minimum atomic E-state index is -0.907. The quantitative estimate of drug-likeness (QED) is 0.854. The van der Waals surface area contributed by atoms with Gasteiger partial charge in [-0.2, -0.15) is 5.26 Å². The van der Waals surface area contributed by atoms with E-state index in [-0.39, 0.29) is 17.0 Å². The van der Waals surface area contributed by atoms with Gasteiger partial charge in [0.15, 0.2) is 0 Å². The highest BCUT2D eigenvalue weighted by atomic mass is 19.1. The standard InChI is InChI=1S/C15H17FN2O2/c1-8-11(6-5-10(7-17)12(8)16)18-9(2)13(19)15(3,4)14(18)20/h5-6,9,13,19H,1-4H3/t9-,13+/m0/s1. The molecule has 5 heteroatoms. The smallest absolute Gasteiger partial charge is 0.235 e. The highest BCUT2D eigenvalue weighted by Crippen LogP contribution is 2.40. The van der Waals surface area contributed by atoms with Crippen LogP contribution in [0.4, 0.5) is 10.1 Å². The number of nitriles is 1. The van der Waals surface area contributed by atoms with Gasteiger partial charge in [0.05, 0.1) is 23.1 Å². The molecule has 1 saturated heterocycles. The molecule has 0 unspecified atom stereocenters. The number of aliphatic hydroxyl groups excluding tert-OH is 1. The molecule has 1 fully saturated rings. The van der Waals surface area contributed by atoms with Crippen LogP contribution in [0.15, 0.2) is 12.1 Å². The lowest BCUT2D eigenvalue weighted by Gasteiger charge is -2.25. The summed E-state index contributed by atoms with van der Waals surface area (Å²) in [5.74, 6) is -0.867. The van der Waals surface area contributed by atoms with Crippen molar-refractivity contribution >= 4 is 11.6 Å². The van der Waals surface area contributed by atoms with Gasteiger partial charge in [-0.3, -0.25) is 4.79 Å². The Labute approximate surface area is 117 Å². The SMILES string of the molecule is Cc1c(N2C(=O)C(C)(C)[C@H](O)[C@@H]2C)ccc(C#N)c1F. The van der Waals surface area contributed by atoms with E-state index in [0.29, 0.717) is 5.69 Å². The summed E-state index contributed by atoms with van der Waals surface area (Å²) in [7, 11) is 0. The summed E-state index contributed by atoms with van der Waals surface area (Å²) in [5.41, 5.74) is -0.306. The Hall–Kier alpha value is -1.93. The lowest BCUT2D eigenvalue weighted by molar-refractivity contribution is -0.126. The molecule has 1 aromatic rings. The molecular weight excluding hydrogens is 259 g/mol. The van der Waals surface area contributed by atoms with Crippen molar-refractivity contribution in [2.45, 2.75) is 39.8 Å². The molecular formula is C15H17FN2O2. The van der Waals surface area contributed by atoms with Gasteiger partial charge in [0.1, 0.15) is 11.9 Å². The highest BCUT2D eigenvalue weighted by Gasteiger charge is 2.52. The van der Waals surface area contributed by atoms with Crippen LogP contribution in [0.2, 0.25) is 0 Å². The molecule has 0 saturated carbocycles. The van der Waals surface area contributed by atoms with Crippen molar-refractivity contribution in [3.63, 3.8) is 0 Å². The molecule has 1 aliphatic heterocycles. The van der Waals surface area contributed by atoms with Crippen molar-refractivity contribution in [1.29, 1.82) is 5.26 Å². The van der Waals surface area contributed by atoms with Gasteiger partial charge in [0.25, 0.3) is 0 Å². The lowest BCUT2D eigenvalue weighted by atomic mass is 9.87. The number of anilines is 1. The fourth-order valence-corrected chi connectivity index (χ4v) is 2.72. The number of benzene rings is 1. The van der Waals surface area contributed by atoms with E-state index >= 15 is 0 Å². The average Bonchev–Trinajstić information content (AvgIpc) is 2.55. The Kier molecular flexibility index (Phi) is 3.31. The predicted molar refractivity (Wildman–Crippen MR) is 72.6 cm³/mol. The van der Waals surface area contributed by atoms with Crippen LogP contribution in [0.25, 0.3) is 0 Å². The summed E-state index contributed by atoms with van der Waals surface area (Å²) >= 11 is 0. The van der Waals surface area contributed by atoms with E-state index in [1.165, 1.54) is 17.9 Å². The van der Waals surface area contributed by atoms with Crippen LogP contribution in [0.3, 0.4) is 0 Å². The maximum absolute atomic E-state index is 14.0. The Balaban J connectivity index is 2.56. The normalized spacial score (nSPS) is 24.9. The molecule has 0 spiro atoms. The summed E-state index contributed by atoms with van der Waals surface area (Å²) < 4.78 is 14.0. The Morgan fingerprint density at radius 3 is 2.50 bits per heavy atom. The van der Waals surface area contributed by atoms with Crippen molar-refractivity contribution in [2.75, 3.05) is 4.90 Å². The number of aliphatic hydroxyl groups is 1. The van der Waals surface area contributed by atoms with Gasteiger partial charge >= 0.3 is 0 Å². The van der Waals surface area contributed by atoms with Gasteiger partial charge in [-0.05, 0) is 39.8 Å². The molecule has 1 heterocycles. The molecule has 2 rings (SSSR count). The number of rotatable bonds is 1. The topological polar surface area (TPSA) is 64.3 Å². The molecule has 0 radical (unpaired) electrons. The molecule has 1 N–H and O–H groups in total. The molecule has 0 aliphatic carbocycles. The third-order valence-corrected chi connectivity index (χ3v) is 4.11. The first-order valence-corrected chi connectivity index (χ1v) is 6.44. The zero-order valence-corrected chi connectivity index (χ0v) is 11.9. The zero-order valence-electron chi connectivity index (χ0n) is 11.9. The number of carbonyl (C=O) groups is 1. The van der Waals surface area contributed by atoms with E-state index in [2.05, 4.69) is 0 Å². The predicted octanol–water partition coefficient (Wildman–Crippen LogP) is 2.13. The second-order valence-corrected chi connectivity index (χ2v) is 5.77. The summed E-state index contributed by atoms with van der Waals surface area (Å²) in [4.78, 5) is 13.9. The molecule has 1 amide bonds. The number of hydrogen-bond donors (Lipinski definition) is 1. The summed E-state index contributed by atoms with van der Waals surface area (Å²) in [5, 5.41) is 19.0. The van der Waals surface area contributed by atoms with Gasteiger partial charge < -0.3 is 10.0 Å². The van der Waals surface area contributed by atoms with Gasteiger partial charge in [-0.15, -0.1) is 0 Å². The van der Waals surface area contributed by atoms with E-state index in [1.54, 1.807) is 32.9 Å². The minimum Gasteiger partial charge on any atom is -0.390 e. The van der Waals surface area contributed by atoms with E-state index in [1.807, 2.05) is 0 Å². The first-order chi connectivity index (χ1) is 9.23. The van der Waals surface area contributed by atoms with Crippen LogP contribution < -0.4 is 4.90 Å². The third kappa shape index (κ3) is 1.80. The molecule has 106 valence electrons. The van der Waals surface area contributed by atoms with Gasteiger partial charge in [0, 0.05) is 11.3 Å². The van der Waals surface area contributed by atoms with Gasteiger partial charge in [-0.25, -0.2) is 4.39 Å². The first-order valence-electron chi connectivity index (χ1n) is 6.44. The second kappa shape index (κ2) is 4.57. The number of amides is 1. The highest BCUT2D eigenvalue weighted by molar-refractivity contribution is 6.01. The largest absolute Gasteiger partial charge is 0.390 e. The van der Waals surface area contributed by atoms with Crippen LogP contribution in [0.5, 0.6) is 0 Å². The summed E-state index contributed by atoms with van der Waals surface area (Å²) in [6.07, 6.45) is -0.826. The van der Waals surface area contributed by atoms with E-state index < -0.39 is 23.4 Å². The Morgan fingerprint density at radius 1 is 1.45 bits per heavy atom. The Morgan fingerprint density at radius 2 is 2.05 bits per heavy atom. The lowest BCUT2D eigenvalue weighted by Crippen LogP contribution is -2.35. The van der Waals surface area contributed by atoms with Crippen LogP contribution in [0, 0.1) is 29.5 Å². The van der Waals surface area contributed by atoms with Crippen molar-refractivity contribution < 1.29 is 14.3 Å². The minimum absolute atomic E-state index is 0.0506. The number of hydrogen-bond acceptors (Lipinski definition) is 3. The molecule has 20 heavy (non-hydrogen) atoms. The van der Waals surface area contributed by atoms with E-state index in [0.717, 1.165) is 0 Å². The zero-order chi connectivity index (χ0) is 15.2. The maximum Gasteiger partial charge on any atom is 0.235 e. The number of halogens is 1.